The predicted octanol–water partition coefficient (Wildman–Crippen LogP) is 22.4. The van der Waals surface area contributed by atoms with E-state index >= 15 is 0 Å². The molecule has 0 radical (unpaired) electrons. The molecule has 0 saturated carbocycles. The molecule has 3 heterocycles. The first-order valence-electron chi connectivity index (χ1n) is 30.3. The average Bonchev–Trinajstić information content (AvgIpc) is 1.98. The predicted molar refractivity (Wildman–Crippen MR) is 363 cm³/mol. The maximum absolute atomic E-state index is 7.20. The van der Waals surface area contributed by atoms with E-state index in [1.54, 1.807) is 0 Å². The highest BCUT2D eigenvalue weighted by atomic mass is 32.2. The lowest BCUT2D eigenvalue weighted by Crippen LogP contribution is -2.15. The monoisotopic (exact) mass is 1130 g/mol. The Bertz CT molecular complexity index is 5000. The summed E-state index contributed by atoms with van der Waals surface area (Å²) in [4.78, 5) is 3.76. The van der Waals surface area contributed by atoms with Gasteiger partial charge >= 0.3 is 0 Å². The Balaban J connectivity index is 0.785. The minimum Gasteiger partial charge on any atom is -0.456 e. The summed E-state index contributed by atoms with van der Waals surface area (Å²) < 4.78 is 13.5. The second kappa shape index (κ2) is 21.3. The summed E-state index contributed by atoms with van der Waals surface area (Å²) in [6.07, 6.45) is 9.33. The van der Waals surface area contributed by atoms with Gasteiger partial charge in [0.05, 0.1) is 11.7 Å². The van der Waals surface area contributed by atoms with Crippen LogP contribution in [0.5, 0.6) is 0 Å². The zero-order valence-corrected chi connectivity index (χ0v) is 48.5. The van der Waals surface area contributed by atoms with E-state index in [-0.39, 0.29) is 23.1 Å². The normalized spacial score (nSPS) is 16.0. The molecule has 1 aliphatic heterocycles. The number of hydrogen-bond donors (Lipinski definition) is 1. The molecule has 14 aromatic rings. The van der Waals surface area contributed by atoms with Crippen LogP contribution < -0.4 is 10.2 Å². The van der Waals surface area contributed by atoms with E-state index in [0.29, 0.717) is 0 Å². The Morgan fingerprint density at radius 3 is 1.94 bits per heavy atom. The van der Waals surface area contributed by atoms with Crippen LogP contribution in [0.3, 0.4) is 0 Å². The molecule has 12 aromatic carbocycles. The highest BCUT2D eigenvalue weighted by Gasteiger charge is 2.37. The molecule has 5 heteroatoms. The zero-order valence-electron chi connectivity index (χ0n) is 47.7. The number of nitrogens with zero attached hydrogens (tertiary/aromatic N) is 1. The minimum absolute atomic E-state index is 0.172. The van der Waals surface area contributed by atoms with Crippen molar-refractivity contribution in [2.24, 2.45) is 0 Å². The lowest BCUT2D eigenvalue weighted by Gasteiger charge is -2.29. The summed E-state index contributed by atoms with van der Waals surface area (Å²) >= 11 is 1.97. The van der Waals surface area contributed by atoms with Gasteiger partial charge in [-0.05, 0) is 158 Å². The van der Waals surface area contributed by atoms with E-state index in [1.807, 2.05) is 23.9 Å². The molecule has 2 aromatic heterocycles. The van der Waals surface area contributed by atoms with Crippen LogP contribution >= 0.6 is 11.8 Å². The summed E-state index contributed by atoms with van der Waals surface area (Å²) in [6.45, 7) is 0. The number of furan rings is 2. The molecule has 4 atom stereocenters. The molecule has 0 spiro atoms. The number of nitrogens with one attached hydrogen (secondary N) is 1. The molecule has 0 saturated heterocycles. The van der Waals surface area contributed by atoms with Crippen molar-refractivity contribution < 1.29 is 8.83 Å². The van der Waals surface area contributed by atoms with Crippen LogP contribution in [0.25, 0.3) is 82.8 Å². The summed E-state index contributed by atoms with van der Waals surface area (Å²) in [5.41, 5.74) is 25.4. The molecule has 0 bridgehead atoms. The summed E-state index contributed by atoms with van der Waals surface area (Å²) in [5.74, 6) is 0.415. The highest BCUT2D eigenvalue weighted by Crippen LogP contribution is 2.56. The van der Waals surface area contributed by atoms with Gasteiger partial charge in [0.2, 0.25) is 0 Å². The first kappa shape index (κ1) is 51.1. The van der Waals surface area contributed by atoms with Gasteiger partial charge in [0, 0.05) is 66.2 Å². The number of anilines is 4. The number of aryl methyl sites for hydroxylation is 1. The Labute approximate surface area is 510 Å². The molecule has 0 fully saturated rings. The van der Waals surface area contributed by atoms with E-state index < -0.39 is 0 Å². The molecule has 0 amide bonds. The van der Waals surface area contributed by atoms with Crippen LogP contribution in [0.1, 0.15) is 63.2 Å². The average molecular weight is 1140 g/mol. The molecular formula is C82H58N2O2S. The quantitative estimate of drug-likeness (QED) is 0.125. The lowest BCUT2D eigenvalue weighted by molar-refractivity contribution is 0.660. The van der Waals surface area contributed by atoms with Gasteiger partial charge in [-0.1, -0.05) is 224 Å². The van der Waals surface area contributed by atoms with E-state index in [2.05, 4.69) is 295 Å². The van der Waals surface area contributed by atoms with E-state index in [1.165, 1.54) is 66.2 Å². The van der Waals surface area contributed by atoms with E-state index in [9.17, 15) is 0 Å². The van der Waals surface area contributed by atoms with Crippen LogP contribution in [-0.2, 0) is 6.42 Å². The van der Waals surface area contributed by atoms with Crippen LogP contribution in [0, 0.1) is 0 Å². The van der Waals surface area contributed by atoms with Crippen molar-refractivity contribution in [1.82, 2.24) is 0 Å². The maximum Gasteiger partial charge on any atom is 0.141 e. The molecule has 4 nitrogen and oxygen atoms in total. The van der Waals surface area contributed by atoms with Gasteiger partial charge in [-0.2, -0.15) is 0 Å². The topological polar surface area (TPSA) is 41.5 Å². The SMILES string of the molecule is C1=CC2Sc3cccc(N(c4ccccc4)c4ccccc4)c3C2C=C1c1ccccc1-c1cccc(NC(c2ccc3c(c2)C(CCc2ccccc2)c2ccccc2-3)c2ccc(-c3ccc4oc5ccccc5c4c3)c3c2oc2ccccc23)c1. The van der Waals surface area contributed by atoms with E-state index in [4.69, 9.17) is 8.83 Å². The van der Waals surface area contributed by atoms with Gasteiger partial charge in [-0.25, -0.2) is 0 Å². The van der Waals surface area contributed by atoms with Crippen LogP contribution in [0.4, 0.5) is 22.7 Å². The largest absolute Gasteiger partial charge is 0.456 e. The lowest BCUT2D eigenvalue weighted by atomic mass is 9.84. The number of rotatable bonds is 13. The van der Waals surface area contributed by atoms with Crippen molar-refractivity contribution in [3.05, 3.63) is 336 Å². The molecular weight excluding hydrogens is 1080 g/mol. The summed E-state index contributed by atoms with van der Waals surface area (Å²) in [5, 5.41) is 8.89. The number of hydrogen-bond acceptors (Lipinski definition) is 5. The summed E-state index contributed by atoms with van der Waals surface area (Å²) in [6, 6.07) is 101. The van der Waals surface area contributed by atoms with Gasteiger partial charge in [0.1, 0.15) is 22.3 Å². The smallest absolute Gasteiger partial charge is 0.141 e. The zero-order chi connectivity index (χ0) is 57.4. The van der Waals surface area contributed by atoms with Crippen molar-refractivity contribution in [1.29, 1.82) is 0 Å². The Morgan fingerprint density at radius 1 is 0.471 bits per heavy atom. The van der Waals surface area contributed by atoms with Crippen LogP contribution in [0.15, 0.2) is 311 Å². The Hall–Kier alpha value is -10.3. The van der Waals surface area contributed by atoms with Crippen molar-refractivity contribution in [2.45, 2.75) is 40.9 Å². The van der Waals surface area contributed by atoms with Gasteiger partial charge in [0.25, 0.3) is 0 Å². The number of fused-ring (bicyclic) bond motifs is 12. The Morgan fingerprint density at radius 2 is 1.13 bits per heavy atom. The number of benzene rings is 12. The van der Waals surface area contributed by atoms with Gasteiger partial charge < -0.3 is 19.1 Å². The van der Waals surface area contributed by atoms with Crippen molar-refractivity contribution in [2.75, 3.05) is 10.2 Å². The fourth-order valence-electron chi connectivity index (χ4n) is 14.3. The van der Waals surface area contributed by atoms with Gasteiger partial charge in [-0.3, -0.25) is 0 Å². The van der Waals surface area contributed by atoms with Gasteiger partial charge in [0.15, 0.2) is 0 Å². The summed E-state index contributed by atoms with van der Waals surface area (Å²) in [7, 11) is 0. The van der Waals surface area contributed by atoms with Gasteiger partial charge in [-0.15, -0.1) is 11.8 Å². The Kier molecular flexibility index (Phi) is 12.5. The third kappa shape index (κ3) is 8.91. The molecule has 87 heavy (non-hydrogen) atoms. The van der Waals surface area contributed by atoms with Crippen molar-refractivity contribution >= 4 is 84.0 Å². The standard InChI is InChI=1S/C82H58N2O2S/c1-4-20-52(21-5-1)38-42-65-63-30-12-13-31-64(63)66-43-39-56(51-70(65)66)81(69-45-44-62(79-68-33-15-17-36-75(68)86-82(69)79)55-40-46-76-71(49-55)67-32-14-16-35-74(67)85-76)83-57-23-18-22-53(48-57)60-28-10-11-29-61(60)54-41-47-77-72(50-54)80-73(34-19-37-78(80)87-77)84(58-24-6-2-7-25-58)59-26-8-3-9-27-59/h1-37,39-41,43-51,65,72,77,81,83H,38,42H2. The fraction of sp³-hybridized carbons (Fsp3) is 0.0732. The highest BCUT2D eigenvalue weighted by molar-refractivity contribution is 8.00. The second-order valence-electron chi connectivity index (χ2n) is 23.3. The van der Waals surface area contributed by atoms with Crippen molar-refractivity contribution in [3.8, 4) is 33.4 Å². The fourth-order valence-corrected chi connectivity index (χ4v) is 15.7. The van der Waals surface area contributed by atoms with Crippen LogP contribution in [-0.4, -0.2) is 5.25 Å². The molecule has 4 unspecified atom stereocenters. The minimum atomic E-state index is -0.307. The maximum atomic E-state index is 7.20. The number of thioether (sulfide) groups is 1. The molecule has 1 N–H and O–H groups in total. The number of para-hydroxylation sites is 4. The van der Waals surface area contributed by atoms with E-state index in [0.717, 1.165) is 96.0 Å². The molecule has 414 valence electrons. The molecule has 3 aliphatic rings. The third-order valence-corrected chi connectivity index (χ3v) is 19.7. The first-order chi connectivity index (χ1) is 43.1. The van der Waals surface area contributed by atoms with Crippen molar-refractivity contribution in [3.63, 3.8) is 0 Å². The third-order valence-electron chi connectivity index (χ3n) is 18.3. The first-order valence-corrected chi connectivity index (χ1v) is 31.2. The van der Waals surface area contributed by atoms with Crippen LogP contribution in [0.2, 0.25) is 0 Å². The number of allylic oxidation sites excluding steroid dienone is 3. The molecule has 17 rings (SSSR count). The molecule has 2 aliphatic carbocycles. The second-order valence-corrected chi connectivity index (χ2v) is 24.5.